The lowest BCUT2D eigenvalue weighted by atomic mass is 9.84. The van der Waals surface area contributed by atoms with Crippen LogP contribution in [0.2, 0.25) is 0 Å². The van der Waals surface area contributed by atoms with Crippen LogP contribution in [0.1, 0.15) is 52.0 Å². The third-order valence-corrected chi connectivity index (χ3v) is 8.52. The minimum atomic E-state index is -3.45. The molecule has 0 radical (unpaired) electrons. The summed E-state index contributed by atoms with van der Waals surface area (Å²) in [5, 5.41) is 3.11. The molecule has 0 spiro atoms. The van der Waals surface area contributed by atoms with E-state index in [1.54, 1.807) is 30.3 Å². The van der Waals surface area contributed by atoms with Crippen molar-refractivity contribution < 1.29 is 13.2 Å². The van der Waals surface area contributed by atoms with Gasteiger partial charge in [-0.05, 0) is 67.7 Å². The molecule has 1 aromatic rings. The standard InChI is InChI=1S/C22H32N2O3S/c1-4-24(5-2)28(26,27)20-11-7-17(8-12-20)9-13-22(25)23-16(3)21-15-18-6-10-19(21)14-18/h7-9,11-13,16,18-19,21H,4-6,10,14-15H2,1-3H3,(H,23,25). The average Bonchev–Trinajstić information content (AvgIpc) is 3.31. The van der Waals surface area contributed by atoms with E-state index in [0.29, 0.717) is 19.0 Å². The van der Waals surface area contributed by atoms with Gasteiger partial charge in [0.05, 0.1) is 4.90 Å². The van der Waals surface area contributed by atoms with Crippen molar-refractivity contribution in [2.75, 3.05) is 13.1 Å². The highest BCUT2D eigenvalue weighted by molar-refractivity contribution is 7.89. The number of hydrogen-bond donors (Lipinski definition) is 1. The SMILES string of the molecule is CCN(CC)S(=O)(=O)c1ccc(C=CC(=O)NC(C)C2CC3CCC2C3)cc1. The number of nitrogens with zero attached hydrogens (tertiary/aromatic N) is 1. The summed E-state index contributed by atoms with van der Waals surface area (Å²) in [6.45, 7) is 6.66. The largest absolute Gasteiger partial charge is 0.350 e. The summed E-state index contributed by atoms with van der Waals surface area (Å²) >= 11 is 0. The van der Waals surface area contributed by atoms with E-state index in [4.69, 9.17) is 0 Å². The Kier molecular flexibility index (Phi) is 6.61. The molecule has 2 aliphatic carbocycles. The Labute approximate surface area is 169 Å². The van der Waals surface area contributed by atoms with Crippen LogP contribution in [0.15, 0.2) is 35.2 Å². The minimum Gasteiger partial charge on any atom is -0.350 e. The molecule has 1 amide bonds. The van der Waals surface area contributed by atoms with Crippen molar-refractivity contribution in [3.05, 3.63) is 35.9 Å². The third-order valence-electron chi connectivity index (χ3n) is 6.46. The van der Waals surface area contributed by atoms with Gasteiger partial charge in [-0.3, -0.25) is 4.79 Å². The molecule has 2 bridgehead atoms. The van der Waals surface area contributed by atoms with E-state index >= 15 is 0 Å². The van der Waals surface area contributed by atoms with E-state index in [9.17, 15) is 13.2 Å². The summed E-state index contributed by atoms with van der Waals surface area (Å²) < 4.78 is 26.5. The van der Waals surface area contributed by atoms with Crippen LogP contribution in [-0.4, -0.2) is 37.8 Å². The number of carbonyl (C=O) groups excluding carboxylic acids is 1. The first-order valence-corrected chi connectivity index (χ1v) is 11.9. The first-order valence-electron chi connectivity index (χ1n) is 10.4. The molecule has 4 atom stereocenters. The van der Waals surface area contributed by atoms with Crippen molar-refractivity contribution >= 4 is 22.0 Å². The van der Waals surface area contributed by atoms with Crippen LogP contribution in [0.25, 0.3) is 6.08 Å². The quantitative estimate of drug-likeness (QED) is 0.672. The highest BCUT2D eigenvalue weighted by Gasteiger charge is 2.41. The van der Waals surface area contributed by atoms with Crippen LogP contribution >= 0.6 is 0 Å². The molecule has 0 aliphatic heterocycles. The second-order valence-electron chi connectivity index (χ2n) is 8.13. The highest BCUT2D eigenvalue weighted by atomic mass is 32.2. The van der Waals surface area contributed by atoms with Crippen LogP contribution < -0.4 is 5.32 Å². The fourth-order valence-corrected chi connectivity index (χ4v) is 6.38. The first kappa shape index (κ1) is 21.1. The molecule has 1 N–H and O–H groups in total. The van der Waals surface area contributed by atoms with Crippen molar-refractivity contribution in [3.8, 4) is 0 Å². The topological polar surface area (TPSA) is 66.5 Å². The van der Waals surface area contributed by atoms with E-state index in [2.05, 4.69) is 12.2 Å². The van der Waals surface area contributed by atoms with Crippen molar-refractivity contribution in [1.82, 2.24) is 9.62 Å². The molecule has 4 unspecified atom stereocenters. The zero-order chi connectivity index (χ0) is 20.3. The summed E-state index contributed by atoms with van der Waals surface area (Å²) in [6, 6.07) is 6.87. The van der Waals surface area contributed by atoms with E-state index in [1.165, 1.54) is 36.1 Å². The lowest BCUT2D eigenvalue weighted by molar-refractivity contribution is -0.117. The van der Waals surface area contributed by atoms with E-state index in [1.807, 2.05) is 13.8 Å². The average molecular weight is 405 g/mol. The molecule has 3 rings (SSSR count). The number of sulfonamides is 1. The second-order valence-corrected chi connectivity index (χ2v) is 10.1. The predicted octanol–water partition coefficient (Wildman–Crippen LogP) is 3.67. The normalized spacial score (nSPS) is 25.5. The van der Waals surface area contributed by atoms with E-state index in [-0.39, 0.29) is 16.8 Å². The van der Waals surface area contributed by atoms with Gasteiger partial charge < -0.3 is 5.32 Å². The Balaban J connectivity index is 1.57. The lowest BCUT2D eigenvalue weighted by Crippen LogP contribution is -2.39. The van der Waals surface area contributed by atoms with Crippen molar-refractivity contribution in [2.24, 2.45) is 17.8 Å². The van der Waals surface area contributed by atoms with Crippen LogP contribution in [-0.2, 0) is 14.8 Å². The number of amides is 1. The molecule has 6 heteroatoms. The Morgan fingerprint density at radius 3 is 2.39 bits per heavy atom. The van der Waals surface area contributed by atoms with Gasteiger partial charge in [0.2, 0.25) is 15.9 Å². The molecule has 0 heterocycles. The number of rotatable bonds is 8. The second kappa shape index (κ2) is 8.78. The summed E-state index contributed by atoms with van der Waals surface area (Å²) in [7, 11) is -3.45. The van der Waals surface area contributed by atoms with E-state index in [0.717, 1.165) is 17.4 Å². The maximum Gasteiger partial charge on any atom is 0.244 e. The Hall–Kier alpha value is -1.66. The number of carbonyl (C=O) groups is 1. The zero-order valence-electron chi connectivity index (χ0n) is 17.1. The monoisotopic (exact) mass is 404 g/mol. The Morgan fingerprint density at radius 1 is 1.18 bits per heavy atom. The zero-order valence-corrected chi connectivity index (χ0v) is 17.9. The Morgan fingerprint density at radius 2 is 1.86 bits per heavy atom. The number of benzene rings is 1. The number of hydrogen-bond acceptors (Lipinski definition) is 3. The molecule has 1 aromatic carbocycles. The van der Waals surface area contributed by atoms with Gasteiger partial charge in [-0.1, -0.05) is 32.4 Å². The maximum absolute atomic E-state index is 12.5. The smallest absolute Gasteiger partial charge is 0.244 e. The lowest BCUT2D eigenvalue weighted by Gasteiger charge is -2.28. The van der Waals surface area contributed by atoms with Crippen LogP contribution in [0.5, 0.6) is 0 Å². The fourth-order valence-electron chi connectivity index (χ4n) is 4.92. The molecule has 28 heavy (non-hydrogen) atoms. The molecule has 5 nitrogen and oxygen atoms in total. The Bertz CT molecular complexity index is 813. The highest BCUT2D eigenvalue weighted by Crippen LogP contribution is 2.49. The van der Waals surface area contributed by atoms with Gasteiger partial charge in [-0.25, -0.2) is 8.42 Å². The summed E-state index contributed by atoms with van der Waals surface area (Å²) in [5.41, 5.74) is 0.807. The van der Waals surface area contributed by atoms with Crippen molar-refractivity contribution in [3.63, 3.8) is 0 Å². The molecular formula is C22H32N2O3S. The summed E-state index contributed by atoms with van der Waals surface area (Å²) in [5.74, 6) is 2.18. The molecule has 0 saturated heterocycles. The van der Waals surface area contributed by atoms with Crippen LogP contribution in [0.4, 0.5) is 0 Å². The minimum absolute atomic E-state index is 0.0879. The van der Waals surface area contributed by atoms with Gasteiger partial charge in [-0.2, -0.15) is 4.31 Å². The van der Waals surface area contributed by atoms with Gasteiger partial charge in [0.25, 0.3) is 0 Å². The molecule has 2 fully saturated rings. The first-order chi connectivity index (χ1) is 13.3. The van der Waals surface area contributed by atoms with Gasteiger partial charge in [0, 0.05) is 25.2 Å². The summed E-state index contributed by atoms with van der Waals surface area (Å²) in [4.78, 5) is 12.6. The van der Waals surface area contributed by atoms with E-state index < -0.39 is 10.0 Å². The molecule has 0 aromatic heterocycles. The molecule has 154 valence electrons. The van der Waals surface area contributed by atoms with Crippen molar-refractivity contribution in [1.29, 1.82) is 0 Å². The predicted molar refractivity (Wildman–Crippen MR) is 112 cm³/mol. The molecule has 2 saturated carbocycles. The van der Waals surface area contributed by atoms with Gasteiger partial charge >= 0.3 is 0 Å². The van der Waals surface area contributed by atoms with Crippen LogP contribution in [0.3, 0.4) is 0 Å². The number of fused-ring (bicyclic) bond motifs is 2. The maximum atomic E-state index is 12.5. The molecule has 2 aliphatic rings. The van der Waals surface area contributed by atoms with Gasteiger partial charge in [-0.15, -0.1) is 0 Å². The fraction of sp³-hybridized carbons (Fsp3) is 0.591. The van der Waals surface area contributed by atoms with Gasteiger partial charge in [0.1, 0.15) is 0 Å². The van der Waals surface area contributed by atoms with Gasteiger partial charge in [0.15, 0.2) is 0 Å². The third kappa shape index (κ3) is 4.49. The summed E-state index contributed by atoms with van der Waals surface area (Å²) in [6.07, 6.45) is 8.53. The van der Waals surface area contributed by atoms with Crippen molar-refractivity contribution in [2.45, 2.75) is 57.4 Å². The number of nitrogens with one attached hydrogen (secondary N) is 1. The molecular weight excluding hydrogens is 372 g/mol. The van der Waals surface area contributed by atoms with Crippen LogP contribution in [0, 0.1) is 17.8 Å².